The van der Waals surface area contributed by atoms with Crippen LogP contribution < -0.4 is 0 Å². The van der Waals surface area contributed by atoms with Gasteiger partial charge in [0.05, 0.1) is 5.70 Å². The van der Waals surface area contributed by atoms with Crippen molar-refractivity contribution < 1.29 is 0 Å². The first-order valence-electron chi connectivity index (χ1n) is 4.22. The molecule has 0 unspecified atom stereocenters. The largest absolute Gasteiger partial charge is 0.256 e. The van der Waals surface area contributed by atoms with Gasteiger partial charge in [-0.3, -0.25) is 4.99 Å². The zero-order valence-corrected chi connectivity index (χ0v) is 8.32. The molecule has 0 aliphatic rings. The van der Waals surface area contributed by atoms with Crippen molar-refractivity contribution in [3.8, 4) is 0 Å². The van der Waals surface area contributed by atoms with Gasteiger partial charge in [0.15, 0.2) is 0 Å². The highest BCUT2D eigenvalue weighted by Crippen LogP contribution is 2.09. The standard InChI is InChI=1S/C13H15N/c1-5-8-9-10-13(12(4)7-3)14-11-6-2/h5-11H,1-4H2/b9-8-,13-10+,14-11-. The summed E-state index contributed by atoms with van der Waals surface area (Å²) in [6, 6.07) is 0. The zero-order chi connectivity index (χ0) is 10.8. The lowest BCUT2D eigenvalue weighted by Crippen LogP contribution is -1.80. The number of allylic oxidation sites excluding steroid dienone is 6. The highest BCUT2D eigenvalue weighted by molar-refractivity contribution is 5.72. The summed E-state index contributed by atoms with van der Waals surface area (Å²) in [4.78, 5) is 4.15. The SMILES string of the molecule is C=C\C=C/C=C(/N=C\C=C)C(=C)C=C. The van der Waals surface area contributed by atoms with Gasteiger partial charge in [0.25, 0.3) is 0 Å². The summed E-state index contributed by atoms with van der Waals surface area (Å²) in [5.41, 5.74) is 1.54. The predicted molar refractivity (Wildman–Crippen MR) is 65.4 cm³/mol. The molecular weight excluding hydrogens is 170 g/mol. The zero-order valence-electron chi connectivity index (χ0n) is 8.32. The van der Waals surface area contributed by atoms with Crippen LogP contribution >= 0.6 is 0 Å². The van der Waals surface area contributed by atoms with E-state index in [-0.39, 0.29) is 0 Å². The van der Waals surface area contributed by atoms with Crippen molar-refractivity contribution in [2.24, 2.45) is 4.99 Å². The minimum atomic E-state index is 0.762. The van der Waals surface area contributed by atoms with Gasteiger partial charge in [-0.2, -0.15) is 0 Å². The Balaban J connectivity index is 4.78. The average Bonchev–Trinajstić information content (AvgIpc) is 2.22. The molecular formula is C13H15N. The lowest BCUT2D eigenvalue weighted by atomic mass is 10.2. The molecule has 0 saturated heterocycles. The Morgan fingerprint density at radius 1 is 1.00 bits per heavy atom. The Morgan fingerprint density at radius 2 is 1.71 bits per heavy atom. The molecule has 0 atom stereocenters. The molecule has 0 aromatic heterocycles. The average molecular weight is 185 g/mol. The predicted octanol–water partition coefficient (Wildman–Crippen LogP) is 3.61. The summed E-state index contributed by atoms with van der Waals surface area (Å²) in [5.74, 6) is 0. The lowest BCUT2D eigenvalue weighted by Gasteiger charge is -1.97. The second-order valence-electron chi connectivity index (χ2n) is 2.42. The van der Waals surface area contributed by atoms with Gasteiger partial charge in [-0.05, 0) is 11.6 Å². The van der Waals surface area contributed by atoms with Crippen molar-refractivity contribution in [2.45, 2.75) is 0 Å². The quantitative estimate of drug-likeness (QED) is 0.443. The summed E-state index contributed by atoms with van der Waals surface area (Å²) in [7, 11) is 0. The molecule has 0 radical (unpaired) electrons. The van der Waals surface area contributed by atoms with E-state index in [0.29, 0.717) is 0 Å². The van der Waals surface area contributed by atoms with Gasteiger partial charge in [-0.15, -0.1) is 0 Å². The van der Waals surface area contributed by atoms with Crippen LogP contribution in [0.3, 0.4) is 0 Å². The summed E-state index contributed by atoms with van der Waals surface area (Å²) in [6.45, 7) is 14.6. The number of hydrogen-bond acceptors (Lipinski definition) is 1. The number of rotatable bonds is 6. The molecule has 14 heavy (non-hydrogen) atoms. The van der Waals surface area contributed by atoms with Crippen LogP contribution in [-0.4, -0.2) is 6.21 Å². The van der Waals surface area contributed by atoms with Crippen LogP contribution in [0.15, 0.2) is 79.0 Å². The van der Waals surface area contributed by atoms with Crippen LogP contribution in [-0.2, 0) is 0 Å². The van der Waals surface area contributed by atoms with Crippen LogP contribution in [0.2, 0.25) is 0 Å². The molecule has 1 nitrogen and oxygen atoms in total. The molecule has 0 aliphatic heterocycles. The monoisotopic (exact) mass is 185 g/mol. The molecule has 0 N–H and O–H groups in total. The topological polar surface area (TPSA) is 12.4 Å². The van der Waals surface area contributed by atoms with E-state index in [9.17, 15) is 0 Å². The third-order valence-corrected chi connectivity index (χ3v) is 1.40. The van der Waals surface area contributed by atoms with Crippen molar-refractivity contribution in [1.82, 2.24) is 0 Å². The van der Waals surface area contributed by atoms with E-state index in [0.717, 1.165) is 11.3 Å². The van der Waals surface area contributed by atoms with Crippen molar-refractivity contribution >= 4 is 6.21 Å². The van der Waals surface area contributed by atoms with Crippen LogP contribution in [0.25, 0.3) is 0 Å². The van der Waals surface area contributed by atoms with Crippen LogP contribution in [0, 0.1) is 0 Å². The highest BCUT2D eigenvalue weighted by atomic mass is 14.7. The lowest BCUT2D eigenvalue weighted by molar-refractivity contribution is 1.37. The first-order valence-corrected chi connectivity index (χ1v) is 4.22. The van der Waals surface area contributed by atoms with E-state index in [2.05, 4.69) is 31.3 Å². The molecule has 0 aromatic rings. The minimum Gasteiger partial charge on any atom is -0.256 e. The highest BCUT2D eigenvalue weighted by Gasteiger charge is 1.92. The molecule has 0 saturated carbocycles. The third-order valence-electron chi connectivity index (χ3n) is 1.40. The smallest absolute Gasteiger partial charge is 0.0695 e. The Kier molecular flexibility index (Phi) is 6.70. The summed E-state index contributed by atoms with van der Waals surface area (Å²) in [6.07, 6.45) is 12.1. The number of hydrogen-bond donors (Lipinski definition) is 0. The van der Waals surface area contributed by atoms with Crippen molar-refractivity contribution in [3.63, 3.8) is 0 Å². The van der Waals surface area contributed by atoms with Crippen molar-refractivity contribution in [3.05, 3.63) is 74.0 Å². The van der Waals surface area contributed by atoms with E-state index in [1.54, 1.807) is 24.4 Å². The first-order chi connectivity index (χ1) is 6.76. The van der Waals surface area contributed by atoms with Gasteiger partial charge in [-0.1, -0.05) is 56.7 Å². The molecule has 0 fully saturated rings. The molecule has 0 heterocycles. The van der Waals surface area contributed by atoms with Crippen LogP contribution in [0.1, 0.15) is 0 Å². The molecule has 0 amide bonds. The van der Waals surface area contributed by atoms with E-state index < -0.39 is 0 Å². The molecule has 0 rings (SSSR count). The van der Waals surface area contributed by atoms with E-state index in [1.165, 1.54) is 0 Å². The fraction of sp³-hybridized carbons (Fsp3) is 0. The fourth-order valence-corrected chi connectivity index (χ4v) is 0.696. The van der Waals surface area contributed by atoms with Gasteiger partial charge < -0.3 is 0 Å². The molecule has 0 bridgehead atoms. The number of nitrogens with zero attached hydrogens (tertiary/aromatic N) is 1. The number of aliphatic imine (C=N–C) groups is 1. The maximum atomic E-state index is 4.15. The van der Waals surface area contributed by atoms with Crippen LogP contribution in [0.5, 0.6) is 0 Å². The Labute approximate surface area is 85.9 Å². The summed E-state index contributed by atoms with van der Waals surface area (Å²) < 4.78 is 0. The van der Waals surface area contributed by atoms with Gasteiger partial charge >= 0.3 is 0 Å². The van der Waals surface area contributed by atoms with E-state index in [1.807, 2.05) is 18.2 Å². The maximum absolute atomic E-state index is 4.15. The third kappa shape index (κ3) is 4.88. The van der Waals surface area contributed by atoms with Gasteiger partial charge in [0.1, 0.15) is 0 Å². The normalized spacial score (nSPS) is 11.9. The Morgan fingerprint density at radius 3 is 2.21 bits per heavy atom. The minimum absolute atomic E-state index is 0.762. The van der Waals surface area contributed by atoms with Gasteiger partial charge in [0.2, 0.25) is 0 Å². The molecule has 72 valence electrons. The second-order valence-corrected chi connectivity index (χ2v) is 2.42. The van der Waals surface area contributed by atoms with Crippen molar-refractivity contribution in [2.75, 3.05) is 0 Å². The van der Waals surface area contributed by atoms with Gasteiger partial charge in [-0.25, -0.2) is 0 Å². The first kappa shape index (κ1) is 12.1. The van der Waals surface area contributed by atoms with Gasteiger partial charge in [0, 0.05) is 6.21 Å². The molecule has 0 aromatic carbocycles. The fourth-order valence-electron chi connectivity index (χ4n) is 0.696. The molecule has 0 aliphatic carbocycles. The Hall–Kier alpha value is -1.89. The van der Waals surface area contributed by atoms with Crippen molar-refractivity contribution in [1.29, 1.82) is 0 Å². The summed E-state index contributed by atoms with van der Waals surface area (Å²) >= 11 is 0. The molecule has 1 heteroatoms. The van der Waals surface area contributed by atoms with Crippen LogP contribution in [0.4, 0.5) is 0 Å². The van der Waals surface area contributed by atoms with E-state index >= 15 is 0 Å². The maximum Gasteiger partial charge on any atom is 0.0695 e. The van der Waals surface area contributed by atoms with E-state index in [4.69, 9.17) is 0 Å². The molecule has 0 spiro atoms. The second kappa shape index (κ2) is 7.74. The Bertz CT molecular complexity index is 314. The summed E-state index contributed by atoms with van der Waals surface area (Å²) in [5, 5.41) is 0.